The number of halogens is 2. The van der Waals surface area contributed by atoms with Gasteiger partial charge in [-0.1, -0.05) is 32.8 Å². The molecule has 0 saturated carbocycles. The average Bonchev–Trinajstić information content (AvgIpc) is 2.25. The number of rotatable bonds is 5. The lowest BCUT2D eigenvalue weighted by Crippen LogP contribution is -2.31. The first-order valence-electron chi connectivity index (χ1n) is 5.78. The fraction of sp³-hybridized carbons (Fsp3) is 0.538. The predicted octanol–water partition coefficient (Wildman–Crippen LogP) is 3.89. The molecule has 0 spiro atoms. The lowest BCUT2D eigenvalue weighted by atomic mass is 9.90. The molecule has 1 rings (SSSR count). The van der Waals surface area contributed by atoms with Crippen LogP contribution in [-0.4, -0.2) is 6.04 Å². The van der Waals surface area contributed by atoms with Gasteiger partial charge in [0.05, 0.1) is 4.47 Å². The van der Waals surface area contributed by atoms with Crippen LogP contribution in [0.1, 0.15) is 32.3 Å². The third kappa shape index (κ3) is 3.56. The molecule has 0 amide bonds. The molecule has 0 radical (unpaired) electrons. The van der Waals surface area contributed by atoms with Gasteiger partial charge in [0, 0.05) is 6.04 Å². The van der Waals surface area contributed by atoms with E-state index in [2.05, 4.69) is 29.8 Å². The molecule has 0 fully saturated rings. The molecule has 16 heavy (non-hydrogen) atoms. The number of hydrogen-bond acceptors (Lipinski definition) is 1. The van der Waals surface area contributed by atoms with Gasteiger partial charge < -0.3 is 5.73 Å². The van der Waals surface area contributed by atoms with Crippen molar-refractivity contribution in [3.8, 4) is 0 Å². The zero-order chi connectivity index (χ0) is 12.1. The van der Waals surface area contributed by atoms with Gasteiger partial charge in [-0.15, -0.1) is 0 Å². The fourth-order valence-electron chi connectivity index (χ4n) is 2.00. The van der Waals surface area contributed by atoms with Crippen LogP contribution in [0.3, 0.4) is 0 Å². The summed E-state index contributed by atoms with van der Waals surface area (Å²) in [5, 5.41) is 0. The van der Waals surface area contributed by atoms with Crippen molar-refractivity contribution in [2.75, 3.05) is 0 Å². The lowest BCUT2D eigenvalue weighted by Gasteiger charge is -2.21. The minimum Gasteiger partial charge on any atom is -0.327 e. The zero-order valence-electron chi connectivity index (χ0n) is 9.84. The van der Waals surface area contributed by atoms with Gasteiger partial charge in [-0.05, 0) is 46.0 Å². The smallest absolute Gasteiger partial charge is 0.137 e. The van der Waals surface area contributed by atoms with Gasteiger partial charge in [0.2, 0.25) is 0 Å². The highest BCUT2D eigenvalue weighted by Crippen LogP contribution is 2.20. The Kier molecular flexibility index (Phi) is 5.42. The van der Waals surface area contributed by atoms with Crippen LogP contribution in [0.4, 0.5) is 4.39 Å². The topological polar surface area (TPSA) is 26.0 Å². The van der Waals surface area contributed by atoms with Crippen molar-refractivity contribution in [3.05, 3.63) is 34.1 Å². The molecule has 0 aromatic heterocycles. The Bertz CT molecular complexity index is 337. The summed E-state index contributed by atoms with van der Waals surface area (Å²) in [4.78, 5) is 0. The highest BCUT2D eigenvalue weighted by Gasteiger charge is 2.14. The van der Waals surface area contributed by atoms with E-state index in [1.807, 2.05) is 12.1 Å². The molecule has 0 bridgehead atoms. The summed E-state index contributed by atoms with van der Waals surface area (Å²) >= 11 is 3.19. The fourth-order valence-corrected chi connectivity index (χ4v) is 2.43. The van der Waals surface area contributed by atoms with Crippen LogP contribution in [0.25, 0.3) is 0 Å². The second-order valence-corrected chi connectivity index (χ2v) is 5.05. The molecule has 0 aliphatic rings. The molecule has 1 aromatic carbocycles. The van der Waals surface area contributed by atoms with Crippen LogP contribution in [0, 0.1) is 11.7 Å². The van der Waals surface area contributed by atoms with Gasteiger partial charge in [-0.25, -0.2) is 4.39 Å². The van der Waals surface area contributed by atoms with Crippen LogP contribution < -0.4 is 5.73 Å². The van der Waals surface area contributed by atoms with Crippen LogP contribution in [0.15, 0.2) is 22.7 Å². The van der Waals surface area contributed by atoms with E-state index < -0.39 is 0 Å². The monoisotopic (exact) mass is 287 g/mol. The maximum absolute atomic E-state index is 13.0. The Labute approximate surface area is 105 Å². The van der Waals surface area contributed by atoms with E-state index in [1.165, 1.54) is 6.07 Å². The SMILES string of the molecule is CCC(CC)C(N)Cc1ccc(F)c(Br)c1. The van der Waals surface area contributed by atoms with E-state index in [0.29, 0.717) is 10.4 Å². The standard InChI is InChI=1S/C13H19BrFN/c1-3-10(4-2)13(16)8-9-5-6-12(15)11(14)7-9/h5-7,10,13H,3-4,8,16H2,1-2H3. The van der Waals surface area contributed by atoms with Crippen molar-refractivity contribution in [3.63, 3.8) is 0 Å². The summed E-state index contributed by atoms with van der Waals surface area (Å²) in [6, 6.07) is 5.27. The Hall–Kier alpha value is -0.410. The highest BCUT2D eigenvalue weighted by molar-refractivity contribution is 9.10. The summed E-state index contributed by atoms with van der Waals surface area (Å²) in [5.74, 6) is 0.323. The van der Waals surface area contributed by atoms with Crippen LogP contribution in [0.2, 0.25) is 0 Å². The first-order valence-corrected chi connectivity index (χ1v) is 6.57. The van der Waals surface area contributed by atoms with Crippen molar-refractivity contribution in [1.82, 2.24) is 0 Å². The second kappa shape index (κ2) is 6.36. The van der Waals surface area contributed by atoms with Gasteiger partial charge in [0.1, 0.15) is 5.82 Å². The third-order valence-corrected chi connectivity index (χ3v) is 3.72. The summed E-state index contributed by atoms with van der Waals surface area (Å²) in [5.41, 5.74) is 7.24. The third-order valence-electron chi connectivity index (χ3n) is 3.11. The first-order chi connectivity index (χ1) is 7.58. The van der Waals surface area contributed by atoms with Gasteiger partial charge in [-0.2, -0.15) is 0 Å². The zero-order valence-corrected chi connectivity index (χ0v) is 11.4. The van der Waals surface area contributed by atoms with Crippen LogP contribution in [0.5, 0.6) is 0 Å². The molecular formula is C13H19BrFN. The molecule has 1 atom stereocenters. The van der Waals surface area contributed by atoms with Gasteiger partial charge in [-0.3, -0.25) is 0 Å². The van der Waals surface area contributed by atoms with Gasteiger partial charge >= 0.3 is 0 Å². The van der Waals surface area contributed by atoms with Gasteiger partial charge in [0.25, 0.3) is 0 Å². The Morgan fingerprint density at radius 1 is 1.31 bits per heavy atom. The van der Waals surface area contributed by atoms with E-state index in [1.54, 1.807) is 0 Å². The molecule has 0 saturated heterocycles. The summed E-state index contributed by atoms with van der Waals surface area (Å²) in [6.45, 7) is 4.32. The largest absolute Gasteiger partial charge is 0.327 e. The molecule has 1 unspecified atom stereocenters. The number of nitrogens with two attached hydrogens (primary N) is 1. The number of hydrogen-bond donors (Lipinski definition) is 1. The molecule has 1 aromatic rings. The van der Waals surface area contributed by atoms with Crippen molar-refractivity contribution in [2.45, 2.75) is 39.2 Å². The molecule has 90 valence electrons. The average molecular weight is 288 g/mol. The highest BCUT2D eigenvalue weighted by atomic mass is 79.9. The van der Waals surface area contributed by atoms with E-state index in [9.17, 15) is 4.39 Å². The molecule has 0 heterocycles. The maximum Gasteiger partial charge on any atom is 0.137 e. The molecular weight excluding hydrogens is 269 g/mol. The minimum atomic E-state index is -0.222. The van der Waals surface area contributed by atoms with Gasteiger partial charge in [0.15, 0.2) is 0 Å². The molecule has 2 N–H and O–H groups in total. The first kappa shape index (κ1) is 13.7. The Morgan fingerprint density at radius 3 is 2.44 bits per heavy atom. The van der Waals surface area contributed by atoms with E-state index in [0.717, 1.165) is 24.8 Å². The quantitative estimate of drug-likeness (QED) is 0.874. The Morgan fingerprint density at radius 2 is 1.94 bits per heavy atom. The summed E-state index contributed by atoms with van der Waals surface area (Å²) in [7, 11) is 0. The summed E-state index contributed by atoms with van der Waals surface area (Å²) in [6.07, 6.45) is 3.01. The van der Waals surface area contributed by atoms with Crippen molar-refractivity contribution >= 4 is 15.9 Å². The van der Waals surface area contributed by atoms with E-state index >= 15 is 0 Å². The molecule has 1 nitrogen and oxygen atoms in total. The lowest BCUT2D eigenvalue weighted by molar-refractivity contribution is 0.393. The van der Waals surface area contributed by atoms with E-state index in [-0.39, 0.29) is 11.9 Å². The van der Waals surface area contributed by atoms with E-state index in [4.69, 9.17) is 5.73 Å². The summed E-state index contributed by atoms with van der Waals surface area (Å²) < 4.78 is 13.6. The maximum atomic E-state index is 13.0. The van der Waals surface area contributed by atoms with Crippen LogP contribution >= 0.6 is 15.9 Å². The normalized spacial score (nSPS) is 13.1. The Balaban J connectivity index is 2.69. The molecule has 3 heteroatoms. The molecule has 0 aliphatic heterocycles. The number of benzene rings is 1. The minimum absolute atomic E-state index is 0.160. The van der Waals surface area contributed by atoms with Crippen molar-refractivity contribution in [1.29, 1.82) is 0 Å². The predicted molar refractivity (Wildman–Crippen MR) is 69.9 cm³/mol. The second-order valence-electron chi connectivity index (χ2n) is 4.19. The molecule has 0 aliphatic carbocycles. The van der Waals surface area contributed by atoms with Crippen molar-refractivity contribution < 1.29 is 4.39 Å². The van der Waals surface area contributed by atoms with Crippen molar-refractivity contribution in [2.24, 2.45) is 11.7 Å². The van der Waals surface area contributed by atoms with Crippen LogP contribution in [-0.2, 0) is 6.42 Å².